The fraction of sp³-hybridized carbons (Fsp3) is 0.467. The number of carbonyl (C=O) groups excluding carboxylic acids is 1. The Morgan fingerprint density at radius 2 is 2.20 bits per heavy atom. The van der Waals surface area contributed by atoms with Crippen LogP contribution >= 0.6 is 0 Å². The molecule has 2 rings (SSSR count). The molecule has 1 aliphatic heterocycles. The summed E-state index contributed by atoms with van der Waals surface area (Å²) in [5, 5.41) is 11.7. The van der Waals surface area contributed by atoms with E-state index in [0.717, 1.165) is 13.0 Å². The van der Waals surface area contributed by atoms with E-state index in [4.69, 9.17) is 10.9 Å². The highest BCUT2D eigenvalue weighted by Gasteiger charge is 2.32. The topological polar surface area (TPSA) is 78.9 Å². The number of nitrogens with zero attached hydrogens (tertiary/aromatic N) is 2. The molecule has 0 spiro atoms. The summed E-state index contributed by atoms with van der Waals surface area (Å²) in [6.45, 7) is 3.30. The molecule has 108 valence electrons. The third-order valence-electron chi connectivity index (χ3n) is 3.95. The molecule has 0 bridgehead atoms. The number of hydrogen-bond acceptors (Lipinski definition) is 3. The molecule has 0 radical (unpaired) electrons. The Morgan fingerprint density at radius 3 is 2.80 bits per heavy atom. The van der Waals surface area contributed by atoms with Crippen molar-refractivity contribution >= 4 is 11.7 Å². The van der Waals surface area contributed by atoms with Crippen LogP contribution < -0.4 is 5.73 Å². The number of amidine groups is 1. The van der Waals surface area contributed by atoms with Crippen LogP contribution in [-0.4, -0.2) is 34.9 Å². The second kappa shape index (κ2) is 6.41. The lowest BCUT2D eigenvalue weighted by Gasteiger charge is -2.22. The van der Waals surface area contributed by atoms with Gasteiger partial charge in [-0.1, -0.05) is 42.4 Å². The van der Waals surface area contributed by atoms with Crippen LogP contribution in [-0.2, 0) is 4.79 Å². The van der Waals surface area contributed by atoms with Gasteiger partial charge < -0.3 is 15.8 Å². The molecule has 1 heterocycles. The van der Waals surface area contributed by atoms with Crippen molar-refractivity contribution in [1.29, 1.82) is 0 Å². The van der Waals surface area contributed by atoms with Crippen molar-refractivity contribution in [1.82, 2.24) is 4.90 Å². The number of nitrogens with two attached hydrogens (primary N) is 1. The van der Waals surface area contributed by atoms with Gasteiger partial charge in [-0.05, 0) is 18.4 Å². The molecule has 1 fully saturated rings. The molecule has 1 amide bonds. The molecule has 1 aromatic carbocycles. The third-order valence-corrected chi connectivity index (χ3v) is 3.95. The van der Waals surface area contributed by atoms with Crippen LogP contribution in [0.5, 0.6) is 0 Å². The monoisotopic (exact) mass is 275 g/mol. The molecular formula is C15H21N3O2. The Kier molecular flexibility index (Phi) is 4.61. The van der Waals surface area contributed by atoms with Gasteiger partial charge in [-0.25, -0.2) is 0 Å². The molecule has 3 N–H and O–H groups in total. The van der Waals surface area contributed by atoms with Crippen molar-refractivity contribution in [2.75, 3.05) is 13.1 Å². The molecule has 0 aliphatic carbocycles. The Morgan fingerprint density at radius 1 is 1.50 bits per heavy atom. The van der Waals surface area contributed by atoms with E-state index >= 15 is 0 Å². The summed E-state index contributed by atoms with van der Waals surface area (Å²) in [5.74, 6) is -0.179. The van der Waals surface area contributed by atoms with Gasteiger partial charge in [0.15, 0.2) is 5.84 Å². The van der Waals surface area contributed by atoms with Crippen LogP contribution in [0.25, 0.3) is 0 Å². The molecule has 0 saturated carbocycles. The number of amides is 1. The first kappa shape index (κ1) is 14.4. The van der Waals surface area contributed by atoms with E-state index in [9.17, 15) is 4.79 Å². The summed E-state index contributed by atoms with van der Waals surface area (Å²) in [6, 6.07) is 10.2. The van der Waals surface area contributed by atoms with Crippen LogP contribution in [0.15, 0.2) is 35.5 Å². The summed E-state index contributed by atoms with van der Waals surface area (Å²) in [5.41, 5.74) is 6.86. The first-order valence-corrected chi connectivity index (χ1v) is 6.98. The molecule has 1 saturated heterocycles. The van der Waals surface area contributed by atoms with Crippen LogP contribution in [0.2, 0.25) is 0 Å². The fourth-order valence-corrected chi connectivity index (χ4v) is 2.76. The summed E-state index contributed by atoms with van der Waals surface area (Å²) >= 11 is 0. The van der Waals surface area contributed by atoms with Gasteiger partial charge in [0.2, 0.25) is 5.91 Å². The van der Waals surface area contributed by atoms with Gasteiger partial charge in [-0.2, -0.15) is 0 Å². The summed E-state index contributed by atoms with van der Waals surface area (Å²) in [6.07, 6.45) is 1.50. The Labute approximate surface area is 119 Å². The highest BCUT2D eigenvalue weighted by molar-refractivity contribution is 6.02. The van der Waals surface area contributed by atoms with E-state index in [-0.39, 0.29) is 11.7 Å². The highest BCUT2D eigenvalue weighted by Crippen LogP contribution is 2.28. The van der Waals surface area contributed by atoms with Gasteiger partial charge in [0.1, 0.15) is 0 Å². The first-order chi connectivity index (χ1) is 9.67. The predicted molar refractivity (Wildman–Crippen MR) is 77.6 cm³/mol. The summed E-state index contributed by atoms with van der Waals surface area (Å²) in [7, 11) is 0. The smallest absolute Gasteiger partial charge is 0.233 e. The average Bonchev–Trinajstić information content (AvgIpc) is 2.98. The number of carbonyl (C=O) groups is 1. The molecule has 0 aromatic heterocycles. The van der Waals surface area contributed by atoms with Gasteiger partial charge in [-0.3, -0.25) is 4.79 Å². The lowest BCUT2D eigenvalue weighted by Crippen LogP contribution is -2.40. The van der Waals surface area contributed by atoms with Crippen molar-refractivity contribution < 1.29 is 10.0 Å². The van der Waals surface area contributed by atoms with Gasteiger partial charge in [0, 0.05) is 19.0 Å². The largest absolute Gasteiger partial charge is 0.409 e. The zero-order valence-corrected chi connectivity index (χ0v) is 11.7. The molecule has 5 heteroatoms. The summed E-state index contributed by atoms with van der Waals surface area (Å²) < 4.78 is 0. The van der Waals surface area contributed by atoms with E-state index in [1.54, 1.807) is 0 Å². The van der Waals surface area contributed by atoms with Crippen molar-refractivity contribution in [3.05, 3.63) is 35.9 Å². The Balaban J connectivity index is 2.04. The maximum atomic E-state index is 12.4. The molecule has 20 heavy (non-hydrogen) atoms. The van der Waals surface area contributed by atoms with E-state index in [1.807, 2.05) is 30.0 Å². The van der Waals surface area contributed by atoms with Crippen molar-refractivity contribution in [2.24, 2.45) is 16.8 Å². The van der Waals surface area contributed by atoms with Gasteiger partial charge >= 0.3 is 0 Å². The maximum Gasteiger partial charge on any atom is 0.233 e. The lowest BCUT2D eigenvalue weighted by molar-refractivity contribution is -0.132. The van der Waals surface area contributed by atoms with Gasteiger partial charge in [0.25, 0.3) is 0 Å². The van der Waals surface area contributed by atoms with E-state index in [2.05, 4.69) is 17.3 Å². The highest BCUT2D eigenvalue weighted by atomic mass is 16.4. The van der Waals surface area contributed by atoms with E-state index in [1.165, 1.54) is 5.56 Å². The van der Waals surface area contributed by atoms with Crippen LogP contribution in [0.3, 0.4) is 0 Å². The minimum absolute atomic E-state index is 0.000612. The van der Waals surface area contributed by atoms with E-state index in [0.29, 0.717) is 18.9 Å². The fourth-order valence-electron chi connectivity index (χ4n) is 2.76. The molecular weight excluding hydrogens is 254 g/mol. The van der Waals surface area contributed by atoms with E-state index < -0.39 is 5.92 Å². The molecule has 2 atom stereocenters. The number of likely N-dealkylation sites (tertiary alicyclic amines) is 1. The minimum atomic E-state index is -0.519. The molecule has 1 aromatic rings. The second-order valence-corrected chi connectivity index (χ2v) is 5.17. The number of hydrogen-bond donors (Lipinski definition) is 2. The van der Waals surface area contributed by atoms with Crippen LogP contribution in [0.1, 0.15) is 31.2 Å². The lowest BCUT2D eigenvalue weighted by atomic mass is 9.98. The number of benzene rings is 1. The predicted octanol–water partition coefficient (Wildman–Crippen LogP) is 1.78. The van der Waals surface area contributed by atoms with Gasteiger partial charge in [0.05, 0.1) is 5.92 Å². The van der Waals surface area contributed by atoms with Gasteiger partial charge in [-0.15, -0.1) is 0 Å². The maximum absolute atomic E-state index is 12.4. The zero-order chi connectivity index (χ0) is 14.5. The molecule has 1 aliphatic rings. The van der Waals surface area contributed by atoms with Crippen molar-refractivity contribution in [3.63, 3.8) is 0 Å². The van der Waals surface area contributed by atoms with Crippen LogP contribution in [0, 0.1) is 5.92 Å². The van der Waals surface area contributed by atoms with Crippen molar-refractivity contribution in [3.8, 4) is 0 Å². The zero-order valence-electron chi connectivity index (χ0n) is 11.7. The summed E-state index contributed by atoms with van der Waals surface area (Å²) in [4.78, 5) is 14.2. The average molecular weight is 275 g/mol. The van der Waals surface area contributed by atoms with Crippen molar-refractivity contribution in [2.45, 2.75) is 25.7 Å². The Bertz CT molecular complexity index is 487. The third kappa shape index (κ3) is 2.92. The second-order valence-electron chi connectivity index (χ2n) is 5.17. The standard InChI is InChI=1S/C15H21N3O2/c1-2-13(14(16)17-20)15(19)18-9-8-12(10-18)11-6-4-3-5-7-11/h3-7,12-13,20H,2,8-10H2,1H3,(H2,16,17). The molecule has 5 nitrogen and oxygen atoms in total. The minimum Gasteiger partial charge on any atom is -0.409 e. The molecule has 2 unspecified atom stereocenters. The first-order valence-electron chi connectivity index (χ1n) is 6.98. The normalized spacial score (nSPS) is 20.9. The number of rotatable bonds is 4. The quantitative estimate of drug-likeness (QED) is 0.380. The Hall–Kier alpha value is -2.04. The SMILES string of the molecule is CCC(C(=O)N1CCC(c2ccccc2)C1)C(N)=NO. The number of oxime groups is 1. The van der Waals surface area contributed by atoms with Crippen LogP contribution in [0.4, 0.5) is 0 Å².